The molecule has 4 heteroatoms. The highest BCUT2D eigenvalue weighted by molar-refractivity contribution is 9.09. The smallest absolute Gasteiger partial charge is 0.162 e. The van der Waals surface area contributed by atoms with Gasteiger partial charge in [-0.25, -0.2) is 0 Å². The van der Waals surface area contributed by atoms with Gasteiger partial charge in [-0.15, -0.1) is 0 Å². The first-order chi connectivity index (χ1) is 9.08. The second-order valence-electron chi connectivity index (χ2n) is 4.97. The first-order valence-corrected chi connectivity index (χ1v) is 8.10. The highest BCUT2D eigenvalue weighted by atomic mass is 79.9. The Bertz CT molecular complexity index is 450. The number of ether oxygens (including phenoxy) is 2. The molecule has 1 fully saturated rings. The molecule has 3 atom stereocenters. The maximum absolute atomic E-state index is 6.39. The third-order valence-corrected chi connectivity index (χ3v) is 5.01. The molecule has 2 rings (SSSR count). The molecule has 2 nitrogen and oxygen atoms in total. The molecule has 1 aromatic rings. The van der Waals surface area contributed by atoms with Gasteiger partial charge in [0.05, 0.1) is 13.2 Å². The highest BCUT2D eigenvalue weighted by Gasteiger charge is 2.39. The normalized spacial score (nSPS) is 23.0. The van der Waals surface area contributed by atoms with Gasteiger partial charge >= 0.3 is 0 Å². The Morgan fingerprint density at radius 2 is 1.79 bits per heavy atom. The molecule has 0 radical (unpaired) electrons. The van der Waals surface area contributed by atoms with Crippen LogP contribution in [-0.4, -0.2) is 13.2 Å². The minimum atomic E-state index is 0.296. The predicted molar refractivity (Wildman–Crippen MR) is 82.7 cm³/mol. The van der Waals surface area contributed by atoms with Crippen LogP contribution in [0.2, 0.25) is 5.02 Å². The topological polar surface area (TPSA) is 18.5 Å². The molecule has 19 heavy (non-hydrogen) atoms. The van der Waals surface area contributed by atoms with Crippen LogP contribution < -0.4 is 9.47 Å². The lowest BCUT2D eigenvalue weighted by molar-refractivity contribution is 0.287. The molecule has 0 spiro atoms. The molecule has 1 aromatic carbocycles. The van der Waals surface area contributed by atoms with Crippen molar-refractivity contribution in [2.24, 2.45) is 11.8 Å². The summed E-state index contributed by atoms with van der Waals surface area (Å²) in [5.74, 6) is 2.94. The fourth-order valence-corrected chi connectivity index (χ4v) is 3.81. The van der Waals surface area contributed by atoms with Gasteiger partial charge in [-0.1, -0.05) is 34.5 Å². The van der Waals surface area contributed by atoms with Crippen molar-refractivity contribution in [1.82, 2.24) is 0 Å². The van der Waals surface area contributed by atoms with Gasteiger partial charge in [0.1, 0.15) is 0 Å². The summed E-state index contributed by atoms with van der Waals surface area (Å²) in [7, 11) is 0. The van der Waals surface area contributed by atoms with Crippen molar-refractivity contribution in [2.45, 2.75) is 32.0 Å². The highest BCUT2D eigenvalue weighted by Crippen LogP contribution is 2.53. The quantitative estimate of drug-likeness (QED) is 0.656. The van der Waals surface area contributed by atoms with E-state index in [0.29, 0.717) is 24.0 Å². The van der Waals surface area contributed by atoms with E-state index < -0.39 is 0 Å². The number of halogens is 2. The van der Waals surface area contributed by atoms with Crippen LogP contribution in [0.1, 0.15) is 37.6 Å². The van der Waals surface area contributed by atoms with Crippen molar-refractivity contribution >= 4 is 27.5 Å². The summed E-state index contributed by atoms with van der Waals surface area (Å²) in [4.78, 5) is 0.296. The van der Waals surface area contributed by atoms with E-state index in [-0.39, 0.29) is 0 Å². The fourth-order valence-electron chi connectivity index (χ4n) is 2.29. The van der Waals surface area contributed by atoms with E-state index >= 15 is 0 Å². The van der Waals surface area contributed by atoms with E-state index in [1.165, 1.54) is 6.42 Å². The molecule has 1 aliphatic rings. The van der Waals surface area contributed by atoms with E-state index in [2.05, 4.69) is 22.9 Å². The van der Waals surface area contributed by atoms with E-state index in [0.717, 1.165) is 28.0 Å². The first kappa shape index (κ1) is 15.0. The molecule has 106 valence electrons. The van der Waals surface area contributed by atoms with Crippen LogP contribution >= 0.6 is 27.5 Å². The van der Waals surface area contributed by atoms with Crippen molar-refractivity contribution in [3.63, 3.8) is 0 Å². The van der Waals surface area contributed by atoms with Crippen molar-refractivity contribution < 1.29 is 9.47 Å². The lowest BCUT2D eigenvalue weighted by Gasteiger charge is -2.17. The van der Waals surface area contributed by atoms with Crippen LogP contribution in [0.4, 0.5) is 0 Å². The molecular formula is C15H20BrClO2. The van der Waals surface area contributed by atoms with E-state index in [4.69, 9.17) is 21.1 Å². The van der Waals surface area contributed by atoms with Crippen LogP contribution in [0.25, 0.3) is 0 Å². The summed E-state index contributed by atoms with van der Waals surface area (Å²) < 4.78 is 11.2. The summed E-state index contributed by atoms with van der Waals surface area (Å²) >= 11 is 10.2. The molecule has 0 aliphatic heterocycles. The number of rotatable bonds is 6. The zero-order chi connectivity index (χ0) is 14.0. The summed E-state index contributed by atoms with van der Waals surface area (Å²) in [5.41, 5.74) is 1.10. The van der Waals surface area contributed by atoms with Gasteiger partial charge in [-0.2, -0.15) is 0 Å². The van der Waals surface area contributed by atoms with Crippen molar-refractivity contribution in [3.05, 3.63) is 22.7 Å². The van der Waals surface area contributed by atoms with E-state index in [9.17, 15) is 0 Å². The zero-order valence-corrected chi connectivity index (χ0v) is 13.9. The number of hydrogen-bond acceptors (Lipinski definition) is 2. The SMILES string of the molecule is CCOc1cc(Cl)c(C(Br)C2CC2C)cc1OCC. The van der Waals surface area contributed by atoms with Gasteiger partial charge in [-0.05, 0) is 43.7 Å². The largest absolute Gasteiger partial charge is 0.490 e. The molecular weight excluding hydrogens is 328 g/mol. The van der Waals surface area contributed by atoms with Crippen LogP contribution in [0.15, 0.2) is 12.1 Å². The van der Waals surface area contributed by atoms with Crippen LogP contribution in [-0.2, 0) is 0 Å². The average molecular weight is 348 g/mol. The zero-order valence-electron chi connectivity index (χ0n) is 11.6. The summed E-state index contributed by atoms with van der Waals surface area (Å²) in [6, 6.07) is 3.88. The summed E-state index contributed by atoms with van der Waals surface area (Å²) in [5, 5.41) is 0.743. The molecule has 0 aromatic heterocycles. The fraction of sp³-hybridized carbons (Fsp3) is 0.600. The van der Waals surface area contributed by atoms with Gasteiger partial charge in [0, 0.05) is 15.9 Å². The van der Waals surface area contributed by atoms with Crippen molar-refractivity contribution in [1.29, 1.82) is 0 Å². The molecule has 0 bridgehead atoms. The lowest BCUT2D eigenvalue weighted by Crippen LogP contribution is -2.02. The van der Waals surface area contributed by atoms with Gasteiger partial charge in [0.25, 0.3) is 0 Å². The maximum Gasteiger partial charge on any atom is 0.162 e. The van der Waals surface area contributed by atoms with Crippen LogP contribution in [0, 0.1) is 11.8 Å². The van der Waals surface area contributed by atoms with Crippen LogP contribution in [0.5, 0.6) is 11.5 Å². The second kappa shape index (κ2) is 6.36. The van der Waals surface area contributed by atoms with Gasteiger partial charge < -0.3 is 9.47 Å². The molecule has 1 saturated carbocycles. The Balaban J connectivity index is 2.30. The molecule has 0 heterocycles. The minimum absolute atomic E-state index is 0.296. The third-order valence-electron chi connectivity index (χ3n) is 3.51. The minimum Gasteiger partial charge on any atom is -0.490 e. The molecule has 0 amide bonds. The Morgan fingerprint density at radius 3 is 2.26 bits per heavy atom. The standard InChI is InChI=1S/C15H20BrClO2/c1-4-18-13-7-11(15(16)10-6-9(10)3)12(17)8-14(13)19-5-2/h7-10,15H,4-6H2,1-3H3. The Morgan fingerprint density at radius 1 is 1.26 bits per heavy atom. The van der Waals surface area contributed by atoms with Gasteiger partial charge in [0.15, 0.2) is 11.5 Å². The molecule has 0 saturated heterocycles. The summed E-state index contributed by atoms with van der Waals surface area (Å²) in [6.45, 7) is 7.42. The number of benzene rings is 1. The van der Waals surface area contributed by atoms with Crippen molar-refractivity contribution in [3.8, 4) is 11.5 Å². The maximum atomic E-state index is 6.39. The monoisotopic (exact) mass is 346 g/mol. The molecule has 1 aliphatic carbocycles. The van der Waals surface area contributed by atoms with Crippen LogP contribution in [0.3, 0.4) is 0 Å². The predicted octanol–water partition coefficient (Wildman–Crippen LogP) is 5.23. The van der Waals surface area contributed by atoms with Gasteiger partial charge in [0.2, 0.25) is 0 Å². The second-order valence-corrected chi connectivity index (χ2v) is 6.36. The Hall–Kier alpha value is -0.410. The Labute approximate surface area is 128 Å². The van der Waals surface area contributed by atoms with E-state index in [1.807, 2.05) is 26.0 Å². The van der Waals surface area contributed by atoms with E-state index in [1.54, 1.807) is 0 Å². The Kier molecular flexibility index (Phi) is 5.02. The molecule has 0 N–H and O–H groups in total. The molecule has 3 unspecified atom stereocenters. The first-order valence-electron chi connectivity index (χ1n) is 6.81. The lowest BCUT2D eigenvalue weighted by atomic mass is 10.1. The number of alkyl halides is 1. The number of hydrogen-bond donors (Lipinski definition) is 0. The van der Waals surface area contributed by atoms with Gasteiger partial charge in [-0.3, -0.25) is 0 Å². The van der Waals surface area contributed by atoms with Crippen molar-refractivity contribution in [2.75, 3.05) is 13.2 Å². The third kappa shape index (κ3) is 3.38. The average Bonchev–Trinajstić information content (AvgIpc) is 3.09. The summed E-state index contributed by atoms with van der Waals surface area (Å²) in [6.07, 6.45) is 1.25.